The van der Waals surface area contributed by atoms with Crippen molar-refractivity contribution in [1.29, 1.82) is 0 Å². The molecule has 0 aliphatic rings. The summed E-state index contributed by atoms with van der Waals surface area (Å²) in [5.74, 6) is -0.144. The molecule has 5 N–H and O–H groups in total. The van der Waals surface area contributed by atoms with E-state index in [1.807, 2.05) is 0 Å². The monoisotopic (exact) mass is 259 g/mol. The molecule has 0 aromatic carbocycles. The van der Waals surface area contributed by atoms with Gasteiger partial charge in [0.2, 0.25) is 0 Å². The van der Waals surface area contributed by atoms with Gasteiger partial charge in [-0.1, -0.05) is 32.6 Å². The maximum atomic E-state index is 11.6. The Morgan fingerprint density at radius 3 is 2.50 bits per heavy atom. The van der Waals surface area contributed by atoms with Gasteiger partial charge in [0.05, 0.1) is 0 Å². The van der Waals surface area contributed by atoms with Crippen LogP contribution < -0.4 is 16.8 Å². The highest BCUT2D eigenvalue weighted by atomic mass is 16.6. The Morgan fingerprint density at radius 1 is 1.17 bits per heavy atom. The highest BCUT2D eigenvalue weighted by molar-refractivity contribution is 5.69. The summed E-state index contributed by atoms with van der Waals surface area (Å²) in [5, 5.41) is 3.06. The first kappa shape index (κ1) is 17.4. The average molecular weight is 259 g/mol. The van der Waals surface area contributed by atoms with Gasteiger partial charge in [0.25, 0.3) is 0 Å². The Hall–Kier alpha value is -0.650. The van der Waals surface area contributed by atoms with Crippen molar-refractivity contribution in [2.24, 2.45) is 11.5 Å². The Morgan fingerprint density at radius 2 is 1.89 bits per heavy atom. The summed E-state index contributed by atoms with van der Waals surface area (Å²) in [4.78, 5) is 11.6. The van der Waals surface area contributed by atoms with Crippen LogP contribution in [0.2, 0.25) is 0 Å². The fraction of sp³-hybridized carbons (Fsp3) is 0.923. The van der Waals surface area contributed by atoms with E-state index < -0.39 is 0 Å². The summed E-state index contributed by atoms with van der Waals surface area (Å²) in [6.45, 7) is 3.82. The van der Waals surface area contributed by atoms with Gasteiger partial charge in [-0.15, -0.1) is 0 Å². The van der Waals surface area contributed by atoms with Crippen LogP contribution in [0.4, 0.5) is 0 Å². The summed E-state index contributed by atoms with van der Waals surface area (Å²) < 4.78 is 5.31. The molecule has 5 nitrogen and oxygen atoms in total. The van der Waals surface area contributed by atoms with E-state index in [0.717, 1.165) is 12.8 Å². The molecule has 5 heteroatoms. The predicted octanol–water partition coefficient (Wildman–Crippen LogP) is 1.11. The molecule has 0 amide bonds. The van der Waals surface area contributed by atoms with Gasteiger partial charge < -0.3 is 16.2 Å². The van der Waals surface area contributed by atoms with Gasteiger partial charge in [-0.2, -0.15) is 0 Å². The van der Waals surface area contributed by atoms with Crippen molar-refractivity contribution in [2.45, 2.75) is 58.1 Å². The second kappa shape index (κ2) is 12.8. The number of rotatable bonds is 12. The maximum Gasteiger partial charge on any atom is 0.307 e. The third kappa shape index (κ3) is 10.5. The first-order chi connectivity index (χ1) is 8.74. The van der Waals surface area contributed by atoms with Gasteiger partial charge in [-0.05, 0) is 13.0 Å². The van der Waals surface area contributed by atoms with E-state index in [4.69, 9.17) is 16.2 Å². The average Bonchev–Trinajstić information content (AvgIpc) is 2.36. The molecule has 0 saturated heterocycles. The van der Waals surface area contributed by atoms with Crippen LogP contribution >= 0.6 is 0 Å². The number of hydrogen-bond acceptors (Lipinski definition) is 5. The van der Waals surface area contributed by atoms with E-state index in [1.165, 1.54) is 19.3 Å². The van der Waals surface area contributed by atoms with Crippen molar-refractivity contribution in [3.05, 3.63) is 0 Å². The summed E-state index contributed by atoms with van der Waals surface area (Å²) >= 11 is 0. The minimum Gasteiger partial charge on any atom is -0.447 e. The second-order valence-electron chi connectivity index (χ2n) is 4.46. The first-order valence-electron chi connectivity index (χ1n) is 7.07. The quantitative estimate of drug-likeness (QED) is 0.277. The minimum absolute atomic E-state index is 0.144. The zero-order valence-electron chi connectivity index (χ0n) is 11.6. The van der Waals surface area contributed by atoms with Crippen LogP contribution in [0, 0.1) is 0 Å². The maximum absolute atomic E-state index is 11.6. The number of nitrogens with one attached hydrogen (secondary N) is 1. The largest absolute Gasteiger partial charge is 0.447 e. The van der Waals surface area contributed by atoms with Crippen molar-refractivity contribution in [3.63, 3.8) is 0 Å². The predicted molar refractivity (Wildman–Crippen MR) is 74.0 cm³/mol. The van der Waals surface area contributed by atoms with Crippen molar-refractivity contribution < 1.29 is 9.53 Å². The number of carbonyl (C=O) groups excluding carboxylic acids is 1. The summed E-state index contributed by atoms with van der Waals surface area (Å²) in [6.07, 6.45) is 6.49. The summed E-state index contributed by atoms with van der Waals surface area (Å²) in [5.41, 5.74) is 10.9. The molecule has 0 aliphatic carbocycles. The molecule has 108 valence electrons. The molecular formula is C13H29N3O2. The van der Waals surface area contributed by atoms with Gasteiger partial charge in [-0.3, -0.25) is 10.1 Å². The molecule has 0 radical (unpaired) electrons. The van der Waals surface area contributed by atoms with Gasteiger partial charge >= 0.3 is 5.97 Å². The molecule has 0 rings (SSSR count). The zero-order chi connectivity index (χ0) is 13.6. The van der Waals surface area contributed by atoms with E-state index in [2.05, 4.69) is 12.2 Å². The molecule has 0 aliphatic heterocycles. The zero-order valence-corrected chi connectivity index (χ0v) is 11.6. The normalized spacial score (nSPS) is 12.4. The highest BCUT2D eigenvalue weighted by Gasteiger charge is 2.12. The molecule has 0 aromatic heterocycles. The number of esters is 1. The first-order valence-corrected chi connectivity index (χ1v) is 7.07. The molecule has 0 spiro atoms. The summed E-state index contributed by atoms with van der Waals surface area (Å²) in [7, 11) is 0. The van der Waals surface area contributed by atoms with Crippen LogP contribution in [-0.4, -0.2) is 31.8 Å². The van der Waals surface area contributed by atoms with Crippen LogP contribution in [0.5, 0.6) is 0 Å². The summed E-state index contributed by atoms with van der Waals surface area (Å²) in [6, 6.07) is 0. The van der Waals surface area contributed by atoms with E-state index in [1.54, 1.807) is 0 Å². The topological polar surface area (TPSA) is 90.4 Å². The number of hydrogen-bond donors (Lipinski definition) is 3. The van der Waals surface area contributed by atoms with E-state index in [0.29, 0.717) is 32.5 Å². The number of ether oxygens (including phenoxy) is 1. The third-order valence-corrected chi connectivity index (χ3v) is 2.70. The SMILES string of the molecule is CCCCCCCC(=O)OC(CCN)NCCN. The highest BCUT2D eigenvalue weighted by Crippen LogP contribution is 2.06. The van der Waals surface area contributed by atoms with Crippen LogP contribution in [0.3, 0.4) is 0 Å². The van der Waals surface area contributed by atoms with Gasteiger partial charge in [0.15, 0.2) is 6.23 Å². The number of nitrogens with two attached hydrogens (primary N) is 2. The lowest BCUT2D eigenvalue weighted by atomic mass is 10.1. The van der Waals surface area contributed by atoms with Crippen molar-refractivity contribution in [2.75, 3.05) is 19.6 Å². The smallest absolute Gasteiger partial charge is 0.307 e. The fourth-order valence-corrected chi connectivity index (χ4v) is 1.69. The van der Waals surface area contributed by atoms with Crippen LogP contribution in [0.15, 0.2) is 0 Å². The molecule has 1 atom stereocenters. The minimum atomic E-state index is -0.290. The van der Waals surface area contributed by atoms with Crippen molar-refractivity contribution >= 4 is 5.97 Å². The van der Waals surface area contributed by atoms with Gasteiger partial charge in [-0.25, -0.2) is 0 Å². The molecule has 0 heterocycles. The van der Waals surface area contributed by atoms with E-state index >= 15 is 0 Å². The Labute approximate surface area is 111 Å². The van der Waals surface area contributed by atoms with Gasteiger partial charge in [0.1, 0.15) is 0 Å². The Bertz CT molecular complexity index is 201. The van der Waals surface area contributed by atoms with Gasteiger partial charge in [0, 0.05) is 25.9 Å². The lowest BCUT2D eigenvalue weighted by Gasteiger charge is -2.18. The van der Waals surface area contributed by atoms with E-state index in [9.17, 15) is 4.79 Å². The second-order valence-corrected chi connectivity index (χ2v) is 4.46. The molecule has 0 bridgehead atoms. The molecule has 1 unspecified atom stereocenters. The van der Waals surface area contributed by atoms with Crippen LogP contribution in [-0.2, 0) is 9.53 Å². The number of unbranched alkanes of at least 4 members (excludes halogenated alkanes) is 4. The fourth-order valence-electron chi connectivity index (χ4n) is 1.69. The molecule has 0 aromatic rings. The molecule has 0 saturated carbocycles. The molecule has 0 fully saturated rings. The standard InChI is InChI=1S/C13H29N3O2/c1-2-3-4-5-6-7-13(17)18-12(8-9-14)16-11-10-15/h12,16H,2-11,14-15H2,1H3. The van der Waals surface area contributed by atoms with Crippen molar-refractivity contribution in [1.82, 2.24) is 5.32 Å². The van der Waals surface area contributed by atoms with Crippen molar-refractivity contribution in [3.8, 4) is 0 Å². The molecule has 18 heavy (non-hydrogen) atoms. The lowest BCUT2D eigenvalue weighted by Crippen LogP contribution is -2.38. The Balaban J connectivity index is 3.66. The van der Waals surface area contributed by atoms with Crippen LogP contribution in [0.1, 0.15) is 51.9 Å². The lowest BCUT2D eigenvalue weighted by molar-refractivity contribution is -0.151. The Kier molecular flexibility index (Phi) is 12.3. The number of carbonyl (C=O) groups is 1. The third-order valence-electron chi connectivity index (χ3n) is 2.70. The van der Waals surface area contributed by atoms with E-state index in [-0.39, 0.29) is 12.2 Å². The van der Waals surface area contributed by atoms with Crippen LogP contribution in [0.25, 0.3) is 0 Å². The molecular weight excluding hydrogens is 230 g/mol.